The summed E-state index contributed by atoms with van der Waals surface area (Å²) in [5, 5.41) is 10.1. The van der Waals surface area contributed by atoms with Crippen molar-refractivity contribution in [3.8, 4) is 11.5 Å². The minimum Gasteiger partial charge on any atom is -0.493 e. The Morgan fingerprint density at radius 1 is 1.19 bits per heavy atom. The third kappa shape index (κ3) is 3.61. The molecule has 32 heavy (non-hydrogen) atoms. The average Bonchev–Trinajstić information content (AvgIpc) is 3.06. The van der Waals surface area contributed by atoms with E-state index >= 15 is 0 Å². The lowest BCUT2D eigenvalue weighted by molar-refractivity contribution is 0.0716. The van der Waals surface area contributed by atoms with Crippen LogP contribution in [0.3, 0.4) is 0 Å². The minimum absolute atomic E-state index is 0.0139. The van der Waals surface area contributed by atoms with E-state index in [-0.39, 0.29) is 29.9 Å². The summed E-state index contributed by atoms with van der Waals surface area (Å²) < 4.78 is 17.0. The summed E-state index contributed by atoms with van der Waals surface area (Å²) >= 11 is 6.26. The van der Waals surface area contributed by atoms with Gasteiger partial charge in [-0.05, 0) is 55.7 Å². The Bertz CT molecular complexity index is 1250. The van der Waals surface area contributed by atoms with Crippen molar-refractivity contribution in [2.45, 2.75) is 26.3 Å². The SMILES string of the molecule is CCOc1ccc(C2c3c(oc4cc(C)c(Cl)cc4c3=O)C(=O)N2CCCO)cc1OC. The van der Waals surface area contributed by atoms with Crippen molar-refractivity contribution in [1.82, 2.24) is 4.90 Å². The van der Waals surface area contributed by atoms with Gasteiger partial charge in [0.1, 0.15) is 5.58 Å². The second-order valence-electron chi connectivity index (χ2n) is 7.59. The van der Waals surface area contributed by atoms with Crippen LogP contribution in [0.5, 0.6) is 11.5 Å². The maximum absolute atomic E-state index is 13.6. The number of methoxy groups -OCH3 is 1. The second-order valence-corrected chi connectivity index (χ2v) is 8.00. The molecule has 0 spiro atoms. The number of amides is 1. The predicted molar refractivity (Wildman–Crippen MR) is 121 cm³/mol. The first-order valence-electron chi connectivity index (χ1n) is 10.4. The van der Waals surface area contributed by atoms with E-state index in [9.17, 15) is 14.7 Å². The first-order chi connectivity index (χ1) is 15.4. The van der Waals surface area contributed by atoms with Crippen molar-refractivity contribution in [2.75, 3.05) is 26.9 Å². The van der Waals surface area contributed by atoms with Crippen molar-refractivity contribution >= 4 is 28.5 Å². The minimum atomic E-state index is -0.686. The number of aliphatic hydroxyl groups is 1. The number of nitrogens with zero attached hydrogens (tertiary/aromatic N) is 1. The molecule has 1 amide bonds. The summed E-state index contributed by atoms with van der Waals surface area (Å²) in [6.45, 7) is 4.32. The van der Waals surface area contributed by atoms with Gasteiger partial charge in [-0.3, -0.25) is 9.59 Å². The number of fused-ring (bicyclic) bond motifs is 2. The highest BCUT2D eigenvalue weighted by atomic mass is 35.5. The fraction of sp³-hybridized carbons (Fsp3) is 0.333. The van der Waals surface area contributed by atoms with Gasteiger partial charge in [-0.2, -0.15) is 0 Å². The van der Waals surface area contributed by atoms with Crippen LogP contribution in [0, 0.1) is 6.92 Å². The number of carbonyl (C=O) groups is 1. The number of hydrogen-bond acceptors (Lipinski definition) is 6. The van der Waals surface area contributed by atoms with Gasteiger partial charge in [0, 0.05) is 18.2 Å². The number of aryl methyl sites for hydroxylation is 1. The number of ether oxygens (including phenoxy) is 2. The third-order valence-corrected chi connectivity index (χ3v) is 6.01. The van der Waals surface area contributed by atoms with Crippen molar-refractivity contribution in [3.63, 3.8) is 0 Å². The highest BCUT2D eigenvalue weighted by Crippen LogP contribution is 2.41. The van der Waals surface area contributed by atoms with E-state index in [1.165, 1.54) is 7.11 Å². The Hall–Kier alpha value is -3.03. The number of aliphatic hydroxyl groups excluding tert-OH is 1. The van der Waals surface area contributed by atoms with Crippen LogP contribution < -0.4 is 14.9 Å². The number of carbonyl (C=O) groups excluding carboxylic acids is 1. The van der Waals surface area contributed by atoms with Gasteiger partial charge in [0.2, 0.25) is 5.76 Å². The molecule has 4 rings (SSSR count). The summed E-state index contributed by atoms with van der Waals surface area (Å²) in [6, 6.07) is 7.88. The van der Waals surface area contributed by atoms with Gasteiger partial charge in [-0.1, -0.05) is 17.7 Å². The zero-order valence-electron chi connectivity index (χ0n) is 18.1. The first kappa shape index (κ1) is 22.2. The lowest BCUT2D eigenvalue weighted by Gasteiger charge is -2.25. The fourth-order valence-corrected chi connectivity index (χ4v) is 4.25. The lowest BCUT2D eigenvalue weighted by Crippen LogP contribution is -2.31. The molecule has 1 aliphatic heterocycles. The predicted octanol–water partition coefficient (Wildman–Crippen LogP) is 4.09. The maximum Gasteiger partial charge on any atom is 0.290 e. The van der Waals surface area contributed by atoms with E-state index in [1.807, 2.05) is 6.92 Å². The van der Waals surface area contributed by atoms with E-state index < -0.39 is 11.9 Å². The average molecular weight is 458 g/mol. The molecule has 0 saturated heterocycles. The molecular weight excluding hydrogens is 434 g/mol. The van der Waals surface area contributed by atoms with Crippen LogP contribution in [-0.4, -0.2) is 42.8 Å². The third-order valence-electron chi connectivity index (χ3n) is 5.61. The lowest BCUT2D eigenvalue weighted by atomic mass is 9.97. The molecule has 0 fully saturated rings. The molecule has 3 aromatic rings. The van der Waals surface area contributed by atoms with Gasteiger partial charge < -0.3 is 23.9 Å². The molecule has 0 bridgehead atoms. The molecule has 1 atom stereocenters. The van der Waals surface area contributed by atoms with Gasteiger partial charge in [-0.15, -0.1) is 0 Å². The highest BCUT2D eigenvalue weighted by Gasteiger charge is 2.42. The van der Waals surface area contributed by atoms with Gasteiger partial charge in [-0.25, -0.2) is 0 Å². The van der Waals surface area contributed by atoms with E-state index in [2.05, 4.69) is 0 Å². The van der Waals surface area contributed by atoms with Crippen LogP contribution in [0.25, 0.3) is 11.0 Å². The Labute approximate surface area is 190 Å². The Morgan fingerprint density at radius 3 is 2.66 bits per heavy atom. The molecule has 0 aliphatic carbocycles. The summed E-state index contributed by atoms with van der Waals surface area (Å²) in [4.78, 5) is 28.4. The molecule has 1 aromatic heterocycles. The highest BCUT2D eigenvalue weighted by molar-refractivity contribution is 6.32. The smallest absolute Gasteiger partial charge is 0.290 e. The van der Waals surface area contributed by atoms with E-state index in [0.717, 1.165) is 5.56 Å². The van der Waals surface area contributed by atoms with E-state index in [0.29, 0.717) is 46.1 Å². The van der Waals surface area contributed by atoms with Crippen molar-refractivity contribution in [1.29, 1.82) is 0 Å². The van der Waals surface area contributed by atoms with Crippen LogP contribution in [0.1, 0.15) is 46.6 Å². The quantitative estimate of drug-likeness (QED) is 0.574. The molecule has 7 nitrogen and oxygen atoms in total. The van der Waals surface area contributed by atoms with Crippen LogP contribution in [0.4, 0.5) is 0 Å². The van der Waals surface area contributed by atoms with Crippen LogP contribution in [-0.2, 0) is 0 Å². The van der Waals surface area contributed by atoms with Gasteiger partial charge >= 0.3 is 0 Å². The van der Waals surface area contributed by atoms with Gasteiger partial charge in [0.25, 0.3) is 5.91 Å². The zero-order chi connectivity index (χ0) is 23.0. The Morgan fingerprint density at radius 2 is 1.97 bits per heavy atom. The number of rotatable bonds is 7. The summed E-state index contributed by atoms with van der Waals surface area (Å²) in [5.74, 6) is 0.687. The standard InChI is InChI=1S/C24H24ClNO6/c1-4-31-17-7-6-14(11-19(17)30-3)21-20-22(28)15-12-16(25)13(2)10-18(15)32-23(20)24(29)26(21)8-5-9-27/h6-7,10-12,21,27H,4-5,8-9H2,1-3H3. The molecular formula is C24H24ClNO6. The number of benzene rings is 2. The second kappa shape index (κ2) is 8.84. The Kier molecular flexibility index (Phi) is 6.13. The molecule has 168 valence electrons. The maximum atomic E-state index is 13.6. The molecule has 2 heterocycles. The summed E-state index contributed by atoms with van der Waals surface area (Å²) in [5.41, 5.74) is 1.70. The zero-order valence-corrected chi connectivity index (χ0v) is 18.9. The molecule has 8 heteroatoms. The Balaban J connectivity index is 1.95. The molecule has 0 saturated carbocycles. The molecule has 2 aromatic carbocycles. The number of hydrogen-bond donors (Lipinski definition) is 1. The van der Waals surface area contributed by atoms with Crippen LogP contribution in [0.2, 0.25) is 5.02 Å². The van der Waals surface area contributed by atoms with Crippen LogP contribution >= 0.6 is 11.6 Å². The molecule has 1 aliphatic rings. The largest absolute Gasteiger partial charge is 0.493 e. The first-order valence-corrected chi connectivity index (χ1v) is 10.8. The number of halogens is 1. The molecule has 0 radical (unpaired) electrons. The van der Waals surface area contributed by atoms with Crippen molar-refractivity contribution in [3.05, 3.63) is 68.0 Å². The van der Waals surface area contributed by atoms with Crippen molar-refractivity contribution in [2.24, 2.45) is 0 Å². The monoisotopic (exact) mass is 457 g/mol. The normalized spacial score (nSPS) is 15.3. The van der Waals surface area contributed by atoms with Crippen LogP contribution in [0.15, 0.2) is 39.5 Å². The molecule has 1 unspecified atom stereocenters. The van der Waals surface area contributed by atoms with E-state index in [1.54, 1.807) is 42.2 Å². The summed E-state index contributed by atoms with van der Waals surface area (Å²) in [6.07, 6.45) is 0.364. The summed E-state index contributed by atoms with van der Waals surface area (Å²) in [7, 11) is 1.53. The van der Waals surface area contributed by atoms with Gasteiger partial charge in [0.15, 0.2) is 16.9 Å². The van der Waals surface area contributed by atoms with E-state index in [4.69, 9.17) is 25.5 Å². The van der Waals surface area contributed by atoms with Crippen molar-refractivity contribution < 1.29 is 23.8 Å². The van der Waals surface area contributed by atoms with Gasteiger partial charge in [0.05, 0.1) is 30.7 Å². The topological polar surface area (TPSA) is 89.2 Å². The molecule has 1 N–H and O–H groups in total. The fourth-order valence-electron chi connectivity index (χ4n) is 4.09.